The lowest BCUT2D eigenvalue weighted by Gasteiger charge is -2.16. The molecule has 0 fully saturated rings. The lowest BCUT2D eigenvalue weighted by molar-refractivity contribution is -0.150. The summed E-state index contributed by atoms with van der Waals surface area (Å²) >= 11 is 0. The quantitative estimate of drug-likeness (QED) is 0.823. The molecule has 2 aromatic heterocycles. The number of nitrogens with zero attached hydrogens (tertiary/aromatic N) is 4. The molecule has 130 valence electrons. The molecule has 2 rings (SSSR count). The molecule has 0 saturated carbocycles. The van der Waals surface area contributed by atoms with Crippen molar-refractivity contribution in [3.05, 3.63) is 17.0 Å². The fraction of sp³-hybridized carbons (Fsp3) is 0.562. The first-order valence-electron chi connectivity index (χ1n) is 7.77. The Kier molecular flexibility index (Phi) is 4.86. The molecule has 0 amide bonds. The highest BCUT2D eigenvalue weighted by Crippen LogP contribution is 2.17. The maximum atomic E-state index is 11.9. The zero-order chi connectivity index (χ0) is 18.1. The van der Waals surface area contributed by atoms with Crippen LogP contribution in [0.1, 0.15) is 44.1 Å². The van der Waals surface area contributed by atoms with Crippen LogP contribution in [0.15, 0.2) is 0 Å². The predicted octanol–water partition coefficient (Wildman–Crippen LogP) is 1.41. The molecule has 0 bridgehead atoms. The summed E-state index contributed by atoms with van der Waals surface area (Å²) in [5, 5.41) is 4.09. The number of esters is 1. The zero-order valence-corrected chi connectivity index (χ0v) is 14.7. The molecular weight excluding hydrogens is 310 g/mol. The molecule has 2 heterocycles. The van der Waals surface area contributed by atoms with Crippen LogP contribution in [0, 0.1) is 19.3 Å². The molecular formula is C16H23N5O3. The number of aryl methyl sites for hydroxylation is 2. The number of ether oxygens (including phenoxy) is 1. The Morgan fingerprint density at radius 2 is 1.88 bits per heavy atom. The first-order valence-corrected chi connectivity index (χ1v) is 7.77. The van der Waals surface area contributed by atoms with E-state index in [2.05, 4.69) is 15.1 Å². The van der Waals surface area contributed by atoms with Crippen molar-refractivity contribution < 1.29 is 14.3 Å². The number of aromatic nitrogens is 4. The molecule has 2 N–H and O–H groups in total. The van der Waals surface area contributed by atoms with Gasteiger partial charge < -0.3 is 10.5 Å². The molecule has 0 aliphatic carbocycles. The summed E-state index contributed by atoms with van der Waals surface area (Å²) in [6.07, 6.45) is 0.610. The summed E-state index contributed by atoms with van der Waals surface area (Å²) in [5.41, 5.74) is 7.58. The highest BCUT2D eigenvalue weighted by Gasteiger charge is 2.22. The fourth-order valence-corrected chi connectivity index (χ4v) is 2.25. The number of nitrogen functional groups attached to an aromatic ring is 1. The van der Waals surface area contributed by atoms with Gasteiger partial charge in [0.25, 0.3) is 5.78 Å². The minimum atomic E-state index is -0.518. The SMILES string of the molecule is Cc1nc2nc(N)nn2c(C)c1CCC(=O)OCC(=O)C(C)(C)C. The highest BCUT2D eigenvalue weighted by atomic mass is 16.5. The van der Waals surface area contributed by atoms with Gasteiger partial charge in [-0.2, -0.15) is 9.50 Å². The molecule has 8 nitrogen and oxygen atoms in total. The van der Waals surface area contributed by atoms with E-state index in [4.69, 9.17) is 10.5 Å². The van der Waals surface area contributed by atoms with Crippen molar-refractivity contribution in [3.63, 3.8) is 0 Å². The third-order valence-corrected chi connectivity index (χ3v) is 3.85. The third-order valence-electron chi connectivity index (χ3n) is 3.85. The van der Waals surface area contributed by atoms with Crippen LogP contribution in [0.4, 0.5) is 5.95 Å². The maximum absolute atomic E-state index is 11.9. The van der Waals surface area contributed by atoms with Crippen LogP contribution in [0.2, 0.25) is 0 Å². The smallest absolute Gasteiger partial charge is 0.306 e. The Morgan fingerprint density at radius 3 is 2.50 bits per heavy atom. The van der Waals surface area contributed by atoms with E-state index < -0.39 is 11.4 Å². The van der Waals surface area contributed by atoms with Crippen LogP contribution in [0.5, 0.6) is 0 Å². The van der Waals surface area contributed by atoms with Crippen LogP contribution in [-0.2, 0) is 20.7 Å². The van der Waals surface area contributed by atoms with Crippen LogP contribution in [-0.4, -0.2) is 37.9 Å². The van der Waals surface area contributed by atoms with Gasteiger partial charge in [0.15, 0.2) is 12.4 Å². The van der Waals surface area contributed by atoms with Gasteiger partial charge in [-0.15, -0.1) is 5.10 Å². The Labute approximate surface area is 140 Å². The number of rotatable bonds is 5. The number of hydrogen-bond donors (Lipinski definition) is 1. The van der Waals surface area contributed by atoms with Gasteiger partial charge in [-0.25, -0.2) is 4.98 Å². The summed E-state index contributed by atoms with van der Waals surface area (Å²) in [6, 6.07) is 0. The molecule has 8 heteroatoms. The van der Waals surface area contributed by atoms with Gasteiger partial charge >= 0.3 is 5.97 Å². The molecule has 0 aliphatic heterocycles. The molecule has 0 spiro atoms. The molecule has 0 radical (unpaired) electrons. The number of Topliss-reactive ketones (excluding diaryl/α,β-unsaturated/α-hetero) is 1. The maximum Gasteiger partial charge on any atom is 0.306 e. The average molecular weight is 333 g/mol. The lowest BCUT2D eigenvalue weighted by atomic mass is 9.91. The number of anilines is 1. The van der Waals surface area contributed by atoms with E-state index in [9.17, 15) is 9.59 Å². The van der Waals surface area contributed by atoms with Gasteiger partial charge in [0.05, 0.1) is 0 Å². The fourth-order valence-electron chi connectivity index (χ4n) is 2.25. The second-order valence-corrected chi connectivity index (χ2v) is 6.78. The van der Waals surface area contributed by atoms with Crippen molar-refractivity contribution in [1.29, 1.82) is 0 Å². The molecule has 0 aliphatic rings. The number of nitrogens with two attached hydrogens (primary N) is 1. The highest BCUT2D eigenvalue weighted by molar-refractivity contribution is 5.86. The second kappa shape index (κ2) is 6.54. The van der Waals surface area contributed by atoms with Gasteiger partial charge in [0.2, 0.25) is 5.95 Å². The monoisotopic (exact) mass is 333 g/mol. The van der Waals surface area contributed by atoms with Crippen LogP contribution in [0.25, 0.3) is 5.78 Å². The van der Waals surface area contributed by atoms with Crippen molar-refractivity contribution in [2.45, 2.75) is 47.5 Å². The Hall–Kier alpha value is -2.51. The Balaban J connectivity index is 2.03. The van der Waals surface area contributed by atoms with Crippen molar-refractivity contribution in [2.24, 2.45) is 5.41 Å². The molecule has 2 aromatic rings. The normalized spacial score (nSPS) is 11.7. The van der Waals surface area contributed by atoms with Gasteiger partial charge in [-0.1, -0.05) is 20.8 Å². The average Bonchev–Trinajstić information content (AvgIpc) is 2.84. The van der Waals surface area contributed by atoms with Gasteiger partial charge in [-0.05, 0) is 25.8 Å². The van der Waals surface area contributed by atoms with E-state index in [0.29, 0.717) is 12.2 Å². The molecule has 0 atom stereocenters. The molecule has 0 saturated heterocycles. The number of carbonyl (C=O) groups excluding carboxylic acids is 2. The number of fused-ring (bicyclic) bond motifs is 1. The summed E-state index contributed by atoms with van der Waals surface area (Å²) in [6.45, 7) is 8.90. The van der Waals surface area contributed by atoms with Crippen molar-refractivity contribution >= 4 is 23.5 Å². The zero-order valence-electron chi connectivity index (χ0n) is 14.7. The van der Waals surface area contributed by atoms with Crippen molar-refractivity contribution in [2.75, 3.05) is 12.3 Å². The minimum Gasteiger partial charge on any atom is -0.458 e. The van der Waals surface area contributed by atoms with Crippen LogP contribution < -0.4 is 5.73 Å². The van der Waals surface area contributed by atoms with Crippen molar-refractivity contribution in [1.82, 2.24) is 19.6 Å². The van der Waals surface area contributed by atoms with E-state index in [-0.39, 0.29) is 24.8 Å². The van der Waals surface area contributed by atoms with Gasteiger partial charge in [-0.3, -0.25) is 9.59 Å². The van der Waals surface area contributed by atoms with E-state index in [1.54, 1.807) is 25.3 Å². The number of carbonyl (C=O) groups is 2. The standard InChI is InChI=1S/C16H23N5O3/c1-9-11(10(2)21-15(18-9)19-14(17)20-21)6-7-13(23)24-8-12(22)16(3,4)5/h6-8H2,1-5H3,(H2,17,20). The topological polar surface area (TPSA) is 112 Å². The third kappa shape index (κ3) is 3.87. The molecule has 0 unspecified atom stereocenters. The second-order valence-electron chi connectivity index (χ2n) is 6.78. The van der Waals surface area contributed by atoms with Crippen LogP contribution >= 0.6 is 0 Å². The summed E-state index contributed by atoms with van der Waals surface area (Å²) in [4.78, 5) is 32.0. The van der Waals surface area contributed by atoms with E-state index in [1.165, 1.54) is 0 Å². The first kappa shape index (κ1) is 17.8. The van der Waals surface area contributed by atoms with Gasteiger partial charge in [0, 0.05) is 23.2 Å². The first-order chi connectivity index (χ1) is 11.1. The Bertz CT molecular complexity index is 789. The molecule has 0 aromatic carbocycles. The van der Waals surface area contributed by atoms with Crippen molar-refractivity contribution in [3.8, 4) is 0 Å². The largest absolute Gasteiger partial charge is 0.458 e. The van der Waals surface area contributed by atoms with E-state index in [1.807, 2.05) is 13.8 Å². The summed E-state index contributed by atoms with van der Waals surface area (Å²) in [5.74, 6) is 0.0702. The molecule has 24 heavy (non-hydrogen) atoms. The predicted molar refractivity (Wildman–Crippen MR) is 88.4 cm³/mol. The van der Waals surface area contributed by atoms with Crippen LogP contribution in [0.3, 0.4) is 0 Å². The van der Waals surface area contributed by atoms with E-state index in [0.717, 1.165) is 17.0 Å². The number of hydrogen-bond acceptors (Lipinski definition) is 7. The number of ketones is 1. The lowest BCUT2D eigenvalue weighted by Crippen LogP contribution is -2.26. The Morgan fingerprint density at radius 1 is 1.21 bits per heavy atom. The summed E-state index contributed by atoms with van der Waals surface area (Å²) in [7, 11) is 0. The van der Waals surface area contributed by atoms with Gasteiger partial charge in [0.1, 0.15) is 0 Å². The minimum absolute atomic E-state index is 0.107. The summed E-state index contributed by atoms with van der Waals surface area (Å²) < 4.78 is 6.62. The van der Waals surface area contributed by atoms with E-state index >= 15 is 0 Å².